The van der Waals surface area contributed by atoms with Crippen LogP contribution in [0, 0.1) is 13.8 Å². The number of rotatable bonds is 5. The van der Waals surface area contributed by atoms with E-state index in [0.717, 1.165) is 17.1 Å². The number of hydrogen-bond acceptors (Lipinski definition) is 4. The molecule has 1 rings (SSSR count). The van der Waals surface area contributed by atoms with E-state index in [9.17, 15) is 9.59 Å². The van der Waals surface area contributed by atoms with E-state index in [4.69, 9.17) is 0 Å². The van der Waals surface area contributed by atoms with Crippen LogP contribution >= 0.6 is 0 Å². The molecule has 0 bridgehead atoms. The summed E-state index contributed by atoms with van der Waals surface area (Å²) in [6.45, 7) is 11.5. The van der Waals surface area contributed by atoms with Gasteiger partial charge in [-0.2, -0.15) is 5.10 Å². The van der Waals surface area contributed by atoms with E-state index >= 15 is 0 Å². The first-order valence-electron chi connectivity index (χ1n) is 7.74. The fourth-order valence-electron chi connectivity index (χ4n) is 2.20. The largest absolute Gasteiger partial charge is 0.350 e. The number of aromatic nitrogens is 2. The standard InChI is InChI=1S/C16H29N5O2/c1-10-14(11(2)21(8)19-10)17-15(23)12(3)20(7)9-13(22)18-16(4,5)6/h12H,9H2,1-8H3,(H,17,23)(H,18,22). The summed E-state index contributed by atoms with van der Waals surface area (Å²) in [7, 11) is 3.60. The summed E-state index contributed by atoms with van der Waals surface area (Å²) < 4.78 is 1.73. The van der Waals surface area contributed by atoms with Gasteiger partial charge in [-0.15, -0.1) is 0 Å². The summed E-state index contributed by atoms with van der Waals surface area (Å²) in [5, 5.41) is 10.1. The van der Waals surface area contributed by atoms with Crippen LogP contribution in [0.5, 0.6) is 0 Å². The molecule has 1 aromatic rings. The van der Waals surface area contributed by atoms with Crippen LogP contribution in [0.25, 0.3) is 0 Å². The molecule has 0 aromatic carbocycles. The summed E-state index contributed by atoms with van der Waals surface area (Å²) in [6, 6.07) is -0.431. The summed E-state index contributed by atoms with van der Waals surface area (Å²) in [5.41, 5.74) is 2.12. The van der Waals surface area contributed by atoms with E-state index in [0.29, 0.717) is 0 Å². The number of amides is 2. The SMILES string of the molecule is Cc1nn(C)c(C)c1NC(=O)C(C)N(C)CC(=O)NC(C)(C)C. The molecule has 0 saturated carbocycles. The number of aryl methyl sites for hydroxylation is 2. The van der Waals surface area contributed by atoms with Crippen LogP contribution in [0.15, 0.2) is 0 Å². The van der Waals surface area contributed by atoms with E-state index in [-0.39, 0.29) is 23.9 Å². The van der Waals surface area contributed by atoms with Crippen molar-refractivity contribution >= 4 is 17.5 Å². The predicted molar refractivity (Wildman–Crippen MR) is 91.3 cm³/mol. The van der Waals surface area contributed by atoms with Gasteiger partial charge in [-0.3, -0.25) is 19.2 Å². The molecule has 0 spiro atoms. The maximum atomic E-state index is 12.4. The molecule has 2 amide bonds. The lowest BCUT2D eigenvalue weighted by Crippen LogP contribution is -2.49. The Labute approximate surface area is 138 Å². The van der Waals surface area contributed by atoms with Crippen LogP contribution in [-0.4, -0.2) is 51.7 Å². The highest BCUT2D eigenvalue weighted by molar-refractivity contribution is 5.95. The molecule has 0 aliphatic heterocycles. The molecule has 7 nitrogen and oxygen atoms in total. The topological polar surface area (TPSA) is 79.3 Å². The van der Waals surface area contributed by atoms with Gasteiger partial charge in [0, 0.05) is 12.6 Å². The minimum Gasteiger partial charge on any atom is -0.350 e. The number of carbonyl (C=O) groups excluding carboxylic acids is 2. The lowest BCUT2D eigenvalue weighted by atomic mass is 10.1. The molecular formula is C16H29N5O2. The fourth-order valence-corrected chi connectivity index (χ4v) is 2.20. The minimum atomic E-state index is -0.431. The Kier molecular flexibility index (Phi) is 5.93. The van der Waals surface area contributed by atoms with Crippen LogP contribution in [0.4, 0.5) is 5.69 Å². The number of nitrogens with zero attached hydrogens (tertiary/aromatic N) is 3. The van der Waals surface area contributed by atoms with Gasteiger partial charge in [-0.05, 0) is 48.6 Å². The van der Waals surface area contributed by atoms with E-state index in [1.54, 1.807) is 23.6 Å². The average molecular weight is 323 g/mol. The molecule has 0 radical (unpaired) electrons. The molecule has 0 fully saturated rings. The fraction of sp³-hybridized carbons (Fsp3) is 0.688. The Balaban J connectivity index is 2.67. The molecule has 0 saturated heterocycles. The predicted octanol–water partition coefficient (Wildman–Crippen LogP) is 1.21. The Bertz CT molecular complexity index is 586. The highest BCUT2D eigenvalue weighted by Crippen LogP contribution is 2.18. The van der Waals surface area contributed by atoms with Crippen LogP contribution in [-0.2, 0) is 16.6 Å². The summed E-state index contributed by atoms with van der Waals surface area (Å²) in [5.74, 6) is -0.261. The average Bonchev–Trinajstić information content (AvgIpc) is 2.62. The lowest BCUT2D eigenvalue weighted by molar-refractivity contribution is -0.125. The van der Waals surface area contributed by atoms with Crippen molar-refractivity contribution in [2.45, 2.75) is 53.1 Å². The van der Waals surface area contributed by atoms with Crippen molar-refractivity contribution in [3.05, 3.63) is 11.4 Å². The van der Waals surface area contributed by atoms with E-state index in [1.165, 1.54) is 0 Å². The number of anilines is 1. The maximum Gasteiger partial charge on any atom is 0.241 e. The molecule has 1 unspecified atom stereocenters. The second-order valence-corrected chi connectivity index (χ2v) is 7.05. The zero-order valence-corrected chi connectivity index (χ0v) is 15.4. The maximum absolute atomic E-state index is 12.4. The van der Waals surface area contributed by atoms with Gasteiger partial charge in [0.05, 0.1) is 29.7 Å². The van der Waals surface area contributed by atoms with Gasteiger partial charge in [-0.1, -0.05) is 0 Å². The molecule has 1 aromatic heterocycles. The number of likely N-dealkylation sites (N-methyl/N-ethyl adjacent to an activating group) is 1. The Hall–Kier alpha value is -1.89. The Morgan fingerprint density at radius 3 is 2.30 bits per heavy atom. The van der Waals surface area contributed by atoms with Gasteiger partial charge in [0.15, 0.2) is 0 Å². The molecule has 23 heavy (non-hydrogen) atoms. The lowest BCUT2D eigenvalue weighted by Gasteiger charge is -2.26. The Morgan fingerprint density at radius 2 is 1.87 bits per heavy atom. The second-order valence-electron chi connectivity index (χ2n) is 7.05. The number of nitrogens with one attached hydrogen (secondary N) is 2. The summed E-state index contributed by atoms with van der Waals surface area (Å²) >= 11 is 0. The minimum absolute atomic E-state index is 0.103. The zero-order chi connectivity index (χ0) is 17.9. The number of carbonyl (C=O) groups is 2. The monoisotopic (exact) mass is 323 g/mol. The summed E-state index contributed by atoms with van der Waals surface area (Å²) in [4.78, 5) is 26.1. The van der Waals surface area contributed by atoms with Crippen molar-refractivity contribution in [1.82, 2.24) is 20.0 Å². The highest BCUT2D eigenvalue weighted by Gasteiger charge is 2.23. The molecule has 130 valence electrons. The Morgan fingerprint density at radius 1 is 1.30 bits per heavy atom. The molecule has 1 heterocycles. The van der Waals surface area contributed by atoms with E-state index in [1.807, 2.05) is 41.7 Å². The molecule has 2 N–H and O–H groups in total. The summed E-state index contributed by atoms with van der Waals surface area (Å²) in [6.07, 6.45) is 0. The van der Waals surface area contributed by atoms with Gasteiger partial charge in [0.25, 0.3) is 0 Å². The van der Waals surface area contributed by atoms with Crippen molar-refractivity contribution in [1.29, 1.82) is 0 Å². The van der Waals surface area contributed by atoms with Crippen LogP contribution in [0.3, 0.4) is 0 Å². The van der Waals surface area contributed by atoms with Gasteiger partial charge < -0.3 is 10.6 Å². The van der Waals surface area contributed by atoms with Gasteiger partial charge in [-0.25, -0.2) is 0 Å². The van der Waals surface area contributed by atoms with Crippen LogP contribution < -0.4 is 10.6 Å². The normalized spacial score (nSPS) is 13.1. The zero-order valence-electron chi connectivity index (χ0n) is 15.4. The molecular weight excluding hydrogens is 294 g/mol. The second kappa shape index (κ2) is 7.12. The first-order valence-corrected chi connectivity index (χ1v) is 7.74. The van der Waals surface area contributed by atoms with Crippen molar-refractivity contribution < 1.29 is 9.59 Å². The van der Waals surface area contributed by atoms with Crippen LogP contribution in [0.1, 0.15) is 39.1 Å². The molecule has 0 aliphatic carbocycles. The van der Waals surface area contributed by atoms with Crippen molar-refractivity contribution in [2.24, 2.45) is 7.05 Å². The van der Waals surface area contributed by atoms with Crippen molar-refractivity contribution in [3.63, 3.8) is 0 Å². The smallest absolute Gasteiger partial charge is 0.241 e. The van der Waals surface area contributed by atoms with Crippen molar-refractivity contribution in [3.8, 4) is 0 Å². The van der Waals surface area contributed by atoms with Gasteiger partial charge >= 0.3 is 0 Å². The third-order valence-corrected chi connectivity index (χ3v) is 3.71. The van der Waals surface area contributed by atoms with Crippen molar-refractivity contribution in [2.75, 3.05) is 18.9 Å². The quantitative estimate of drug-likeness (QED) is 0.854. The third-order valence-electron chi connectivity index (χ3n) is 3.71. The van der Waals surface area contributed by atoms with Gasteiger partial charge in [0.2, 0.25) is 11.8 Å². The third kappa shape index (κ3) is 5.35. The molecule has 1 atom stereocenters. The first kappa shape index (κ1) is 19.2. The van der Waals surface area contributed by atoms with Gasteiger partial charge in [0.1, 0.15) is 0 Å². The van der Waals surface area contributed by atoms with E-state index in [2.05, 4.69) is 15.7 Å². The molecule has 0 aliphatic rings. The molecule has 7 heteroatoms. The first-order chi connectivity index (χ1) is 10.4. The number of hydrogen-bond donors (Lipinski definition) is 2. The van der Waals surface area contributed by atoms with Crippen LogP contribution in [0.2, 0.25) is 0 Å². The van der Waals surface area contributed by atoms with E-state index < -0.39 is 6.04 Å². The highest BCUT2D eigenvalue weighted by atomic mass is 16.2.